The van der Waals surface area contributed by atoms with Crippen LogP contribution >= 0.6 is 22.7 Å². The van der Waals surface area contributed by atoms with Crippen LogP contribution in [0.4, 0.5) is 5.13 Å². The van der Waals surface area contributed by atoms with Crippen molar-refractivity contribution < 1.29 is 4.79 Å². The smallest absolute Gasteiger partial charge is 0.305 e. The minimum Gasteiger partial charge on any atom is -0.316 e. The minimum absolute atomic E-state index is 0.237. The third-order valence-corrected chi connectivity index (χ3v) is 3.99. The molecule has 90 valence electrons. The lowest BCUT2D eigenvalue weighted by Crippen LogP contribution is -2.11. The summed E-state index contributed by atoms with van der Waals surface area (Å²) in [6.45, 7) is 3.65. The molecule has 0 aliphatic carbocycles. The molecule has 2 N–H and O–H groups in total. The van der Waals surface area contributed by atoms with Crippen LogP contribution in [0.15, 0.2) is 4.79 Å². The quantitative estimate of drug-likeness (QED) is 0.882. The highest BCUT2D eigenvalue weighted by molar-refractivity contribution is 7.15. The summed E-state index contributed by atoms with van der Waals surface area (Å²) in [5.41, 5.74) is 0.567. The number of carbonyl (C=O) groups excluding carboxylic acids is 1. The number of hydrogen-bond acceptors (Lipinski definition) is 6. The van der Waals surface area contributed by atoms with E-state index < -0.39 is 0 Å². The molecular weight excluding hydrogens is 260 g/mol. The lowest BCUT2D eigenvalue weighted by atomic mass is 10.4. The number of hydrogen-bond donors (Lipinski definition) is 2. The van der Waals surface area contributed by atoms with Gasteiger partial charge in [-0.3, -0.25) is 14.9 Å². The van der Waals surface area contributed by atoms with E-state index >= 15 is 0 Å². The molecule has 2 rings (SSSR count). The zero-order valence-electron chi connectivity index (χ0n) is 9.23. The van der Waals surface area contributed by atoms with Gasteiger partial charge in [-0.2, -0.15) is 0 Å². The standard InChI is InChI=1S/C9H10N4O2S2/c1-3-5-12-13-8(16-5)11-7(14)6-4(2)10-9(15)17-6/h3H2,1-2H3,(H,10,15)(H,11,13,14). The summed E-state index contributed by atoms with van der Waals surface area (Å²) in [7, 11) is 0. The van der Waals surface area contributed by atoms with Crippen LogP contribution < -0.4 is 10.2 Å². The normalized spacial score (nSPS) is 10.5. The van der Waals surface area contributed by atoms with Crippen molar-refractivity contribution in [2.24, 2.45) is 0 Å². The van der Waals surface area contributed by atoms with Crippen molar-refractivity contribution in [2.75, 3.05) is 5.32 Å². The van der Waals surface area contributed by atoms with Crippen LogP contribution in [-0.4, -0.2) is 21.1 Å². The van der Waals surface area contributed by atoms with E-state index in [0.29, 0.717) is 15.7 Å². The van der Waals surface area contributed by atoms with E-state index in [-0.39, 0.29) is 10.8 Å². The van der Waals surface area contributed by atoms with Gasteiger partial charge in [-0.1, -0.05) is 29.6 Å². The molecule has 2 heterocycles. The summed E-state index contributed by atoms with van der Waals surface area (Å²) >= 11 is 2.22. The van der Waals surface area contributed by atoms with Gasteiger partial charge in [0, 0.05) is 5.69 Å². The van der Waals surface area contributed by atoms with E-state index in [4.69, 9.17) is 0 Å². The van der Waals surface area contributed by atoms with E-state index in [0.717, 1.165) is 22.8 Å². The molecule has 0 aliphatic heterocycles. The molecule has 0 radical (unpaired) electrons. The molecule has 0 aliphatic rings. The number of anilines is 1. The first-order valence-electron chi connectivity index (χ1n) is 4.93. The Labute approximate surface area is 105 Å². The van der Waals surface area contributed by atoms with Gasteiger partial charge < -0.3 is 4.98 Å². The number of nitrogens with one attached hydrogen (secondary N) is 2. The van der Waals surface area contributed by atoms with Crippen LogP contribution in [0, 0.1) is 6.92 Å². The van der Waals surface area contributed by atoms with Crippen LogP contribution in [0.5, 0.6) is 0 Å². The first-order chi connectivity index (χ1) is 8.10. The Morgan fingerprint density at radius 3 is 2.71 bits per heavy atom. The number of H-pyrrole nitrogens is 1. The fraction of sp³-hybridized carbons (Fsp3) is 0.333. The first-order valence-corrected chi connectivity index (χ1v) is 6.57. The Bertz CT molecular complexity index is 598. The average Bonchev–Trinajstić information content (AvgIpc) is 2.85. The fourth-order valence-electron chi connectivity index (χ4n) is 1.22. The summed E-state index contributed by atoms with van der Waals surface area (Å²) < 4.78 is 0. The maximum absolute atomic E-state index is 11.8. The zero-order valence-corrected chi connectivity index (χ0v) is 10.9. The van der Waals surface area contributed by atoms with Crippen molar-refractivity contribution in [3.05, 3.63) is 25.2 Å². The third-order valence-electron chi connectivity index (χ3n) is 2.02. The Morgan fingerprint density at radius 2 is 2.18 bits per heavy atom. The zero-order chi connectivity index (χ0) is 12.4. The molecule has 0 saturated carbocycles. The largest absolute Gasteiger partial charge is 0.316 e. The second-order valence-corrected chi connectivity index (χ2v) is 5.32. The molecule has 0 atom stereocenters. The summed E-state index contributed by atoms with van der Waals surface area (Å²) in [4.78, 5) is 25.6. The summed E-state index contributed by atoms with van der Waals surface area (Å²) in [5.74, 6) is -0.329. The molecule has 0 aromatic carbocycles. The van der Waals surface area contributed by atoms with E-state index in [1.165, 1.54) is 11.3 Å². The summed E-state index contributed by atoms with van der Waals surface area (Å²) in [6, 6.07) is 0. The molecule has 2 aromatic rings. The van der Waals surface area contributed by atoms with Gasteiger partial charge in [0.05, 0.1) is 0 Å². The maximum atomic E-state index is 11.8. The van der Waals surface area contributed by atoms with Gasteiger partial charge >= 0.3 is 4.87 Å². The maximum Gasteiger partial charge on any atom is 0.305 e. The van der Waals surface area contributed by atoms with Crippen LogP contribution in [0.25, 0.3) is 0 Å². The van der Waals surface area contributed by atoms with Crippen LogP contribution in [0.2, 0.25) is 0 Å². The Morgan fingerprint density at radius 1 is 1.41 bits per heavy atom. The van der Waals surface area contributed by atoms with Crippen LogP contribution in [0.1, 0.15) is 27.3 Å². The number of aromatic amines is 1. The van der Waals surface area contributed by atoms with Crippen LogP contribution in [0.3, 0.4) is 0 Å². The summed E-state index contributed by atoms with van der Waals surface area (Å²) in [5, 5.41) is 11.7. The molecule has 17 heavy (non-hydrogen) atoms. The predicted octanol–water partition coefficient (Wildman–Crippen LogP) is 1.41. The highest BCUT2D eigenvalue weighted by Crippen LogP contribution is 2.17. The third kappa shape index (κ3) is 2.59. The van der Waals surface area contributed by atoms with E-state index in [1.807, 2.05) is 6.92 Å². The van der Waals surface area contributed by atoms with Crippen molar-refractivity contribution in [2.45, 2.75) is 20.3 Å². The molecule has 0 spiro atoms. The molecule has 0 saturated heterocycles. The van der Waals surface area contributed by atoms with Crippen molar-refractivity contribution in [3.63, 3.8) is 0 Å². The predicted molar refractivity (Wildman–Crippen MR) is 66.9 cm³/mol. The lowest BCUT2D eigenvalue weighted by molar-refractivity contribution is 0.102. The fourth-order valence-corrected chi connectivity index (χ4v) is 2.63. The van der Waals surface area contributed by atoms with E-state index in [9.17, 15) is 9.59 Å². The SMILES string of the molecule is CCc1nnc(NC(=O)c2sc(=O)[nH]c2C)s1. The highest BCUT2D eigenvalue weighted by Gasteiger charge is 2.15. The van der Waals surface area contributed by atoms with Crippen LogP contribution in [-0.2, 0) is 6.42 Å². The second-order valence-electron chi connectivity index (χ2n) is 3.28. The number of aryl methyl sites for hydroxylation is 2. The minimum atomic E-state index is -0.329. The molecule has 0 bridgehead atoms. The molecular formula is C9H10N4O2S2. The highest BCUT2D eigenvalue weighted by atomic mass is 32.1. The molecule has 1 amide bonds. The lowest BCUT2D eigenvalue weighted by Gasteiger charge is -1.97. The Balaban J connectivity index is 2.16. The Kier molecular flexibility index (Phi) is 3.34. The van der Waals surface area contributed by atoms with Gasteiger partial charge in [0.25, 0.3) is 5.91 Å². The number of carbonyl (C=O) groups is 1. The number of amides is 1. The van der Waals surface area contributed by atoms with E-state index in [2.05, 4.69) is 20.5 Å². The first kappa shape index (κ1) is 11.9. The van der Waals surface area contributed by atoms with Crippen molar-refractivity contribution >= 4 is 33.7 Å². The Hall–Kier alpha value is -1.54. The summed E-state index contributed by atoms with van der Waals surface area (Å²) in [6.07, 6.45) is 0.782. The van der Waals surface area contributed by atoms with Gasteiger partial charge in [0.15, 0.2) is 0 Å². The second kappa shape index (κ2) is 4.76. The van der Waals surface area contributed by atoms with Gasteiger partial charge in [-0.05, 0) is 13.3 Å². The van der Waals surface area contributed by atoms with Crippen molar-refractivity contribution in [3.8, 4) is 0 Å². The number of nitrogens with zero attached hydrogens (tertiary/aromatic N) is 2. The van der Waals surface area contributed by atoms with Gasteiger partial charge in [0.1, 0.15) is 9.88 Å². The molecule has 8 heteroatoms. The van der Waals surface area contributed by atoms with E-state index in [1.54, 1.807) is 6.92 Å². The molecule has 2 aromatic heterocycles. The number of thiazole rings is 1. The number of rotatable bonds is 3. The van der Waals surface area contributed by atoms with Gasteiger partial charge in [0.2, 0.25) is 5.13 Å². The van der Waals surface area contributed by atoms with Gasteiger partial charge in [-0.15, -0.1) is 10.2 Å². The van der Waals surface area contributed by atoms with Crippen molar-refractivity contribution in [1.82, 2.24) is 15.2 Å². The average molecular weight is 270 g/mol. The topological polar surface area (TPSA) is 87.7 Å². The monoisotopic (exact) mass is 270 g/mol. The van der Waals surface area contributed by atoms with Crippen molar-refractivity contribution in [1.29, 1.82) is 0 Å². The number of aromatic nitrogens is 3. The van der Waals surface area contributed by atoms with Gasteiger partial charge in [-0.25, -0.2) is 0 Å². The molecule has 0 unspecified atom stereocenters. The molecule has 6 nitrogen and oxygen atoms in total. The molecule has 0 fully saturated rings.